The minimum Gasteiger partial charge on any atom is -0.493 e. The third-order valence-electron chi connectivity index (χ3n) is 8.90. The minimum atomic E-state index is -3.62. The first-order valence-electron chi connectivity index (χ1n) is 15.3. The molecule has 0 radical (unpaired) electrons. The summed E-state index contributed by atoms with van der Waals surface area (Å²) in [6.07, 6.45) is 7.38. The van der Waals surface area contributed by atoms with Crippen molar-refractivity contribution in [3.63, 3.8) is 0 Å². The highest BCUT2D eigenvalue weighted by molar-refractivity contribution is 7.90. The number of halogens is 1. The molecular formula is C32H36ClN5O5S. The van der Waals surface area contributed by atoms with E-state index >= 15 is 0 Å². The summed E-state index contributed by atoms with van der Waals surface area (Å²) in [6.45, 7) is 5.85. The zero-order valence-corrected chi connectivity index (χ0v) is 26.2. The van der Waals surface area contributed by atoms with Gasteiger partial charge in [-0.3, -0.25) is 0 Å². The Labute approximate surface area is 262 Å². The second-order valence-electron chi connectivity index (χ2n) is 11.7. The van der Waals surface area contributed by atoms with Gasteiger partial charge < -0.3 is 24.4 Å². The number of ether oxygens (including phenoxy) is 3. The predicted octanol–water partition coefficient (Wildman–Crippen LogP) is 6.11. The first-order valence-corrected chi connectivity index (χ1v) is 17.3. The Morgan fingerprint density at radius 1 is 1.00 bits per heavy atom. The summed E-state index contributed by atoms with van der Waals surface area (Å²) in [6, 6.07) is 11.6. The number of morpholine rings is 1. The molecule has 0 spiro atoms. The van der Waals surface area contributed by atoms with Crippen molar-refractivity contribution in [2.75, 3.05) is 55.5 Å². The largest absolute Gasteiger partial charge is 0.493 e. The smallest absolute Gasteiger partial charge is 0.238 e. The Morgan fingerprint density at radius 3 is 2.50 bits per heavy atom. The molecule has 1 saturated heterocycles. The van der Waals surface area contributed by atoms with Gasteiger partial charge in [0.05, 0.1) is 60.3 Å². The van der Waals surface area contributed by atoms with E-state index in [9.17, 15) is 8.42 Å². The molecule has 0 atom stereocenters. The maximum absolute atomic E-state index is 13.2. The van der Waals surface area contributed by atoms with Crippen molar-refractivity contribution in [1.29, 1.82) is 0 Å². The van der Waals surface area contributed by atoms with Crippen LogP contribution in [0.2, 0.25) is 5.02 Å². The van der Waals surface area contributed by atoms with Crippen LogP contribution < -0.4 is 19.7 Å². The SMILES string of the molecule is CCS(=O)(=O)n1cc2c3ccc(cc31)OCC1CCC(CC1)COc1cc(ccc1N1CCOCC1)Nc1ncc(Cl)c-2n1. The Kier molecular flexibility index (Phi) is 8.02. The number of anilines is 3. The van der Waals surface area contributed by atoms with E-state index in [-0.39, 0.29) is 5.75 Å². The van der Waals surface area contributed by atoms with E-state index in [1.807, 2.05) is 24.3 Å². The quantitative estimate of drug-likeness (QED) is 0.285. The predicted molar refractivity (Wildman–Crippen MR) is 172 cm³/mol. The maximum atomic E-state index is 13.2. The highest BCUT2D eigenvalue weighted by Gasteiger charge is 2.25. The van der Waals surface area contributed by atoms with E-state index in [2.05, 4.69) is 21.3 Å². The number of hydrogen-bond donors (Lipinski definition) is 1. The maximum Gasteiger partial charge on any atom is 0.238 e. The van der Waals surface area contributed by atoms with E-state index in [4.69, 9.17) is 30.8 Å². The van der Waals surface area contributed by atoms with E-state index in [1.54, 1.807) is 19.2 Å². The summed E-state index contributed by atoms with van der Waals surface area (Å²) >= 11 is 6.65. The molecule has 10 nitrogen and oxygen atoms in total. The monoisotopic (exact) mass is 637 g/mol. The molecule has 6 heterocycles. The van der Waals surface area contributed by atoms with Crippen LogP contribution in [0.3, 0.4) is 0 Å². The molecule has 0 unspecified atom stereocenters. The Balaban J connectivity index is 1.33. The fourth-order valence-corrected chi connectivity index (χ4v) is 7.52. The first kappa shape index (κ1) is 29.2. The zero-order chi connectivity index (χ0) is 30.3. The average Bonchev–Trinajstić information content (AvgIpc) is 3.44. The highest BCUT2D eigenvalue weighted by atomic mass is 35.5. The zero-order valence-electron chi connectivity index (χ0n) is 24.7. The summed E-state index contributed by atoms with van der Waals surface area (Å²) in [7, 11) is -3.62. The number of nitrogens with one attached hydrogen (secondary N) is 1. The lowest BCUT2D eigenvalue weighted by atomic mass is 9.83. The van der Waals surface area contributed by atoms with E-state index in [0.717, 1.165) is 55.9 Å². The summed E-state index contributed by atoms with van der Waals surface area (Å²) in [5.41, 5.74) is 3.38. The van der Waals surface area contributed by atoms with Gasteiger partial charge in [-0.05, 0) is 68.7 Å². The van der Waals surface area contributed by atoms with Crippen LogP contribution in [-0.4, -0.2) is 67.6 Å². The Morgan fingerprint density at radius 2 is 1.75 bits per heavy atom. The summed E-state index contributed by atoms with van der Waals surface area (Å²) < 4.78 is 46.1. The molecule has 2 aromatic heterocycles. The van der Waals surface area contributed by atoms with Crippen molar-refractivity contribution < 1.29 is 22.6 Å². The van der Waals surface area contributed by atoms with E-state index < -0.39 is 10.0 Å². The van der Waals surface area contributed by atoms with Crippen LogP contribution in [-0.2, 0) is 14.8 Å². The van der Waals surface area contributed by atoms with Gasteiger partial charge in [0.1, 0.15) is 11.5 Å². The lowest BCUT2D eigenvalue weighted by Crippen LogP contribution is -2.36. The molecule has 4 aromatic rings. The Hall–Kier alpha value is -3.54. The third-order valence-corrected chi connectivity index (χ3v) is 10.8. The van der Waals surface area contributed by atoms with Gasteiger partial charge in [0.25, 0.3) is 0 Å². The van der Waals surface area contributed by atoms with Gasteiger partial charge in [0, 0.05) is 48.1 Å². The second-order valence-corrected chi connectivity index (χ2v) is 14.3. The molecule has 0 amide bonds. The van der Waals surface area contributed by atoms with Crippen molar-refractivity contribution in [1.82, 2.24) is 13.9 Å². The van der Waals surface area contributed by atoms with E-state index in [1.165, 1.54) is 10.2 Å². The highest BCUT2D eigenvalue weighted by Crippen LogP contribution is 2.39. The standard InChI is InChI=1S/C32H36ClN5O5S/c1-2-44(39,40)38-18-26-25-9-8-24(16-29(25)38)42-19-21-3-5-22(6-4-21)20-43-30-15-23(35-32-34-17-27(33)31(26)36-32)7-10-28(30)37-11-13-41-14-12-37/h7-10,15-18,21-22H,2-6,11-14,19-20H2,1H3,(H,34,35,36). The fraction of sp³-hybridized carbons (Fsp3) is 0.438. The summed E-state index contributed by atoms with van der Waals surface area (Å²) in [4.78, 5) is 11.5. The molecule has 2 aromatic carbocycles. The molecular weight excluding hydrogens is 602 g/mol. The van der Waals surface area contributed by atoms with Gasteiger partial charge in [-0.2, -0.15) is 0 Å². The fourth-order valence-electron chi connectivity index (χ4n) is 6.33. The third kappa shape index (κ3) is 5.80. The number of hydrogen-bond acceptors (Lipinski definition) is 9. The summed E-state index contributed by atoms with van der Waals surface area (Å²) in [5, 5.41) is 4.34. The van der Waals surface area contributed by atoms with Crippen molar-refractivity contribution in [2.24, 2.45) is 11.8 Å². The normalized spacial score (nSPS) is 20.7. The topological polar surface area (TPSA) is 108 Å². The van der Waals surface area contributed by atoms with Crippen molar-refractivity contribution >= 4 is 49.9 Å². The Bertz CT molecular complexity index is 1780. The second kappa shape index (κ2) is 12.1. The lowest BCUT2D eigenvalue weighted by Gasteiger charge is -2.32. The van der Waals surface area contributed by atoms with Crippen LogP contribution in [0.25, 0.3) is 22.2 Å². The number of aromatic nitrogens is 3. The molecule has 2 fully saturated rings. The molecule has 9 rings (SSSR count). The van der Waals surface area contributed by atoms with Crippen molar-refractivity contribution in [2.45, 2.75) is 32.6 Å². The molecule has 4 aliphatic heterocycles. The molecule has 10 bridgehead atoms. The molecule has 12 heteroatoms. The minimum absolute atomic E-state index is 0.0558. The van der Waals surface area contributed by atoms with Crippen LogP contribution in [0.1, 0.15) is 32.6 Å². The molecule has 1 aliphatic carbocycles. The lowest BCUT2D eigenvalue weighted by molar-refractivity contribution is 0.122. The average molecular weight is 638 g/mol. The van der Waals surface area contributed by atoms with Crippen LogP contribution in [0, 0.1) is 11.8 Å². The van der Waals surface area contributed by atoms with Crippen molar-refractivity contribution in [3.8, 4) is 22.8 Å². The van der Waals surface area contributed by atoms with Gasteiger partial charge in [-0.25, -0.2) is 22.4 Å². The van der Waals surface area contributed by atoms with Gasteiger partial charge in [0.2, 0.25) is 16.0 Å². The first-order chi connectivity index (χ1) is 21.4. The van der Waals surface area contributed by atoms with Gasteiger partial charge in [-0.15, -0.1) is 0 Å². The van der Waals surface area contributed by atoms with Gasteiger partial charge in [-0.1, -0.05) is 11.6 Å². The van der Waals surface area contributed by atoms with E-state index in [0.29, 0.717) is 77.1 Å². The number of benzene rings is 2. The van der Waals surface area contributed by atoms with Crippen molar-refractivity contribution in [3.05, 3.63) is 53.8 Å². The number of nitrogens with zero attached hydrogens (tertiary/aromatic N) is 4. The number of fused-ring (bicyclic) bond motifs is 1. The molecule has 1 saturated carbocycles. The molecule has 44 heavy (non-hydrogen) atoms. The molecule has 1 N–H and O–H groups in total. The van der Waals surface area contributed by atoms with Gasteiger partial charge >= 0.3 is 0 Å². The van der Waals surface area contributed by atoms with Crippen LogP contribution >= 0.6 is 11.6 Å². The van der Waals surface area contributed by atoms with Crippen LogP contribution in [0.4, 0.5) is 17.3 Å². The summed E-state index contributed by atoms with van der Waals surface area (Å²) in [5.74, 6) is 2.63. The number of rotatable bonds is 3. The van der Waals surface area contributed by atoms with Crippen LogP contribution in [0.5, 0.6) is 11.5 Å². The van der Waals surface area contributed by atoms with Crippen LogP contribution in [0.15, 0.2) is 48.8 Å². The molecule has 5 aliphatic rings. The van der Waals surface area contributed by atoms with Gasteiger partial charge in [0.15, 0.2) is 0 Å². The molecule has 232 valence electrons.